The van der Waals surface area contributed by atoms with Crippen molar-refractivity contribution in [2.24, 2.45) is 21.5 Å². The van der Waals surface area contributed by atoms with Crippen LogP contribution in [0.1, 0.15) is 6.92 Å². The Morgan fingerprint density at radius 2 is 2.30 bits per heavy atom. The second-order valence-corrected chi connectivity index (χ2v) is 4.74. The van der Waals surface area contributed by atoms with Crippen molar-refractivity contribution in [2.45, 2.75) is 6.92 Å². The highest BCUT2D eigenvalue weighted by atomic mass is 32.1. The van der Waals surface area contributed by atoms with Crippen LogP contribution < -0.4 is 16.8 Å². The van der Waals surface area contributed by atoms with Gasteiger partial charge in [0, 0.05) is 23.2 Å². The minimum absolute atomic E-state index is 0.0112. The Labute approximate surface area is 121 Å². The SMILES string of the molecule is CCN=CNc1cccc(-c2csc(N=C(N)N)n2)c1. The quantitative estimate of drug-likeness (QED) is 0.579. The first-order valence-corrected chi connectivity index (χ1v) is 6.97. The number of nitrogens with zero attached hydrogens (tertiary/aromatic N) is 3. The molecule has 0 aliphatic heterocycles. The summed E-state index contributed by atoms with van der Waals surface area (Å²) >= 11 is 1.39. The monoisotopic (exact) mass is 288 g/mol. The fraction of sp³-hybridized carbons (Fsp3) is 0.154. The van der Waals surface area contributed by atoms with E-state index < -0.39 is 0 Å². The zero-order valence-electron chi connectivity index (χ0n) is 11.1. The summed E-state index contributed by atoms with van der Waals surface area (Å²) in [6.07, 6.45) is 1.69. The van der Waals surface area contributed by atoms with Crippen LogP contribution in [0.15, 0.2) is 39.6 Å². The van der Waals surface area contributed by atoms with E-state index in [4.69, 9.17) is 11.5 Å². The van der Waals surface area contributed by atoms with E-state index in [0.29, 0.717) is 5.13 Å². The molecule has 5 N–H and O–H groups in total. The molecule has 6 nitrogen and oxygen atoms in total. The Bertz CT molecular complexity index is 627. The molecule has 0 aliphatic rings. The van der Waals surface area contributed by atoms with Crippen molar-refractivity contribution in [3.05, 3.63) is 29.6 Å². The van der Waals surface area contributed by atoms with Crippen LogP contribution in [-0.4, -0.2) is 23.8 Å². The maximum absolute atomic E-state index is 5.33. The van der Waals surface area contributed by atoms with E-state index >= 15 is 0 Å². The average molecular weight is 288 g/mol. The summed E-state index contributed by atoms with van der Waals surface area (Å²) in [5.41, 5.74) is 13.5. The molecule has 0 saturated heterocycles. The lowest BCUT2D eigenvalue weighted by Crippen LogP contribution is -2.21. The molecule has 1 aromatic heterocycles. The second kappa shape index (κ2) is 6.67. The molecule has 0 aliphatic carbocycles. The number of hydrogen-bond acceptors (Lipinski definition) is 4. The molecule has 0 radical (unpaired) electrons. The van der Waals surface area contributed by atoms with E-state index in [1.54, 1.807) is 6.34 Å². The first-order chi connectivity index (χ1) is 9.69. The molecule has 0 saturated carbocycles. The fourth-order valence-electron chi connectivity index (χ4n) is 1.54. The molecule has 0 unspecified atom stereocenters. The number of aliphatic imine (C=N–C) groups is 2. The van der Waals surface area contributed by atoms with Gasteiger partial charge < -0.3 is 16.8 Å². The number of benzene rings is 1. The van der Waals surface area contributed by atoms with E-state index in [-0.39, 0.29) is 5.96 Å². The Morgan fingerprint density at radius 3 is 3.05 bits per heavy atom. The van der Waals surface area contributed by atoms with Crippen LogP contribution in [-0.2, 0) is 0 Å². The van der Waals surface area contributed by atoms with Crippen LogP contribution in [0.25, 0.3) is 11.3 Å². The number of rotatable bonds is 5. The summed E-state index contributed by atoms with van der Waals surface area (Å²) in [6, 6.07) is 7.90. The van der Waals surface area contributed by atoms with Gasteiger partial charge in [-0.05, 0) is 19.1 Å². The molecule has 0 fully saturated rings. The molecule has 2 rings (SSSR count). The fourth-order valence-corrected chi connectivity index (χ4v) is 2.25. The van der Waals surface area contributed by atoms with Crippen molar-refractivity contribution >= 4 is 34.5 Å². The highest BCUT2D eigenvalue weighted by Crippen LogP contribution is 2.27. The first kappa shape index (κ1) is 14.0. The summed E-state index contributed by atoms with van der Waals surface area (Å²) < 4.78 is 0. The Kier molecular flexibility index (Phi) is 4.67. The highest BCUT2D eigenvalue weighted by molar-refractivity contribution is 7.13. The normalized spacial score (nSPS) is 10.7. The molecular formula is C13H16N6S. The largest absolute Gasteiger partial charge is 0.370 e. The van der Waals surface area contributed by atoms with Crippen molar-refractivity contribution in [3.63, 3.8) is 0 Å². The molecule has 2 aromatic rings. The van der Waals surface area contributed by atoms with Gasteiger partial charge in [-0.3, -0.25) is 4.99 Å². The first-order valence-electron chi connectivity index (χ1n) is 6.09. The van der Waals surface area contributed by atoms with E-state index in [0.717, 1.165) is 23.5 Å². The summed E-state index contributed by atoms with van der Waals surface area (Å²) in [5.74, 6) is 0.0112. The average Bonchev–Trinajstić information content (AvgIpc) is 2.87. The van der Waals surface area contributed by atoms with Crippen molar-refractivity contribution in [3.8, 4) is 11.3 Å². The molecule has 0 spiro atoms. The zero-order valence-corrected chi connectivity index (χ0v) is 11.9. The smallest absolute Gasteiger partial charge is 0.212 e. The van der Waals surface area contributed by atoms with Crippen molar-refractivity contribution in [2.75, 3.05) is 11.9 Å². The maximum atomic E-state index is 5.33. The Morgan fingerprint density at radius 1 is 1.45 bits per heavy atom. The lowest BCUT2D eigenvalue weighted by molar-refractivity contribution is 1.14. The van der Waals surface area contributed by atoms with Gasteiger partial charge in [0.25, 0.3) is 0 Å². The standard InChI is InChI=1S/C13H16N6S/c1-2-16-8-17-10-5-3-4-9(6-10)11-7-20-13(18-11)19-12(14)15/h3-8H,2H2,1H3,(H,16,17)(H4,14,15,18,19). The predicted molar refractivity (Wildman–Crippen MR) is 85.7 cm³/mol. The summed E-state index contributed by atoms with van der Waals surface area (Å²) in [7, 11) is 0. The third-order valence-electron chi connectivity index (χ3n) is 2.38. The number of nitrogens with one attached hydrogen (secondary N) is 1. The van der Waals surface area contributed by atoms with Crippen LogP contribution >= 0.6 is 11.3 Å². The molecule has 1 heterocycles. The number of nitrogens with two attached hydrogens (primary N) is 2. The van der Waals surface area contributed by atoms with Gasteiger partial charge in [-0.2, -0.15) is 4.99 Å². The van der Waals surface area contributed by atoms with Gasteiger partial charge in [-0.25, -0.2) is 4.98 Å². The number of aromatic nitrogens is 1. The van der Waals surface area contributed by atoms with E-state index in [2.05, 4.69) is 20.3 Å². The number of thiazole rings is 1. The van der Waals surface area contributed by atoms with Crippen LogP contribution in [0.3, 0.4) is 0 Å². The molecule has 0 bridgehead atoms. The van der Waals surface area contributed by atoms with Gasteiger partial charge >= 0.3 is 0 Å². The van der Waals surface area contributed by atoms with Gasteiger partial charge in [0.05, 0.1) is 12.0 Å². The van der Waals surface area contributed by atoms with Gasteiger partial charge in [-0.1, -0.05) is 12.1 Å². The third-order valence-corrected chi connectivity index (χ3v) is 3.11. The van der Waals surface area contributed by atoms with E-state index in [1.807, 2.05) is 36.6 Å². The molecule has 7 heteroatoms. The van der Waals surface area contributed by atoms with Gasteiger partial charge in [0.2, 0.25) is 5.13 Å². The molecule has 1 aromatic carbocycles. The topological polar surface area (TPSA) is 102 Å². The molecule has 0 amide bonds. The third kappa shape index (κ3) is 3.79. The van der Waals surface area contributed by atoms with Crippen LogP contribution in [0.4, 0.5) is 10.8 Å². The number of anilines is 1. The predicted octanol–water partition coefficient (Wildman–Crippen LogP) is 2.18. The Balaban J connectivity index is 2.20. The summed E-state index contributed by atoms with van der Waals surface area (Å²) in [4.78, 5) is 12.4. The number of hydrogen-bond donors (Lipinski definition) is 3. The zero-order chi connectivity index (χ0) is 14.4. The maximum Gasteiger partial charge on any atom is 0.212 e. The second-order valence-electron chi connectivity index (χ2n) is 3.91. The van der Waals surface area contributed by atoms with Crippen LogP contribution in [0.5, 0.6) is 0 Å². The number of guanidine groups is 1. The molecular weight excluding hydrogens is 272 g/mol. The van der Waals surface area contributed by atoms with Crippen molar-refractivity contribution in [1.82, 2.24) is 4.98 Å². The van der Waals surface area contributed by atoms with Gasteiger partial charge in [0.15, 0.2) is 5.96 Å². The molecule has 20 heavy (non-hydrogen) atoms. The summed E-state index contributed by atoms with van der Waals surface area (Å²) in [6.45, 7) is 2.73. The lowest BCUT2D eigenvalue weighted by atomic mass is 10.1. The summed E-state index contributed by atoms with van der Waals surface area (Å²) in [5, 5.41) is 5.58. The Hall–Kier alpha value is -2.41. The van der Waals surface area contributed by atoms with Gasteiger partial charge in [-0.15, -0.1) is 11.3 Å². The molecule has 0 atom stereocenters. The van der Waals surface area contributed by atoms with Gasteiger partial charge in [0.1, 0.15) is 0 Å². The van der Waals surface area contributed by atoms with Crippen molar-refractivity contribution < 1.29 is 0 Å². The molecule has 104 valence electrons. The van der Waals surface area contributed by atoms with E-state index in [1.165, 1.54) is 11.3 Å². The lowest BCUT2D eigenvalue weighted by Gasteiger charge is -2.02. The van der Waals surface area contributed by atoms with Crippen LogP contribution in [0, 0.1) is 0 Å². The minimum atomic E-state index is 0.0112. The highest BCUT2D eigenvalue weighted by Gasteiger charge is 2.04. The van der Waals surface area contributed by atoms with Crippen LogP contribution in [0.2, 0.25) is 0 Å². The minimum Gasteiger partial charge on any atom is -0.370 e. The van der Waals surface area contributed by atoms with Crippen molar-refractivity contribution in [1.29, 1.82) is 0 Å². The van der Waals surface area contributed by atoms with E-state index in [9.17, 15) is 0 Å².